The van der Waals surface area contributed by atoms with Gasteiger partial charge in [0.2, 0.25) is 11.8 Å². The van der Waals surface area contributed by atoms with Crippen LogP contribution in [0.1, 0.15) is 45.1 Å². The Balaban J connectivity index is 1.55. The number of sulfone groups is 1. The first-order valence-electron chi connectivity index (χ1n) is 10.6. The quantitative estimate of drug-likeness (QED) is 0.679. The number of nitrogens with one attached hydrogen (secondary N) is 2. The summed E-state index contributed by atoms with van der Waals surface area (Å²) in [6.45, 7) is 3.89. The molecule has 166 valence electrons. The Morgan fingerprint density at radius 1 is 1.23 bits per heavy atom. The summed E-state index contributed by atoms with van der Waals surface area (Å²) in [6, 6.07) is 6.63. The Morgan fingerprint density at radius 2 is 1.93 bits per heavy atom. The molecule has 0 bridgehead atoms. The van der Waals surface area contributed by atoms with E-state index in [0.29, 0.717) is 18.9 Å². The van der Waals surface area contributed by atoms with Gasteiger partial charge in [0.05, 0.1) is 16.6 Å². The zero-order chi connectivity index (χ0) is 21.9. The first-order valence-corrected chi connectivity index (χ1v) is 12.2. The standard InChI is InChI=1S/C22H32N2O5S/c1-14(2)30(27,28)18-7-4-15(5-8-18)10-21(25)23-17-6-9-19-16(13-29-3)11-22(26)24-20(19)12-17/h4-5,7-8,14,16-17,19-20H,6,9-13H2,1-3H3,(H,23,25)(H,24,26). The van der Waals surface area contributed by atoms with Gasteiger partial charge in [0.15, 0.2) is 9.84 Å². The van der Waals surface area contributed by atoms with Crippen molar-refractivity contribution < 1.29 is 22.7 Å². The molecule has 2 fully saturated rings. The fourth-order valence-electron chi connectivity index (χ4n) is 4.64. The smallest absolute Gasteiger partial charge is 0.224 e. The van der Waals surface area contributed by atoms with E-state index in [0.717, 1.165) is 24.8 Å². The number of hydrogen-bond donors (Lipinski definition) is 2. The van der Waals surface area contributed by atoms with Crippen molar-refractivity contribution in [3.63, 3.8) is 0 Å². The van der Waals surface area contributed by atoms with Gasteiger partial charge in [0.25, 0.3) is 0 Å². The Hall–Kier alpha value is -1.93. The van der Waals surface area contributed by atoms with Gasteiger partial charge in [-0.1, -0.05) is 12.1 Å². The third-order valence-electron chi connectivity index (χ3n) is 6.29. The van der Waals surface area contributed by atoms with E-state index in [4.69, 9.17) is 4.74 Å². The number of ether oxygens (including phenoxy) is 1. The van der Waals surface area contributed by atoms with Crippen LogP contribution in [0.15, 0.2) is 29.2 Å². The van der Waals surface area contributed by atoms with Gasteiger partial charge in [-0.2, -0.15) is 0 Å². The molecule has 8 heteroatoms. The summed E-state index contributed by atoms with van der Waals surface area (Å²) in [5.41, 5.74) is 0.773. The first kappa shape index (κ1) is 22.7. The van der Waals surface area contributed by atoms with Crippen LogP contribution in [0.4, 0.5) is 0 Å². The highest BCUT2D eigenvalue weighted by Crippen LogP contribution is 2.35. The molecule has 2 N–H and O–H groups in total. The van der Waals surface area contributed by atoms with Crippen molar-refractivity contribution in [2.24, 2.45) is 11.8 Å². The van der Waals surface area contributed by atoms with Crippen LogP contribution >= 0.6 is 0 Å². The molecule has 1 aliphatic carbocycles. The minimum Gasteiger partial charge on any atom is -0.384 e. The second kappa shape index (κ2) is 9.47. The third kappa shape index (κ3) is 5.21. The lowest BCUT2D eigenvalue weighted by Gasteiger charge is -2.43. The summed E-state index contributed by atoms with van der Waals surface area (Å²) in [5, 5.41) is 5.69. The summed E-state index contributed by atoms with van der Waals surface area (Å²) in [4.78, 5) is 24.8. The maximum absolute atomic E-state index is 12.5. The number of hydrogen-bond acceptors (Lipinski definition) is 5. The lowest BCUT2D eigenvalue weighted by molar-refractivity contribution is -0.128. The van der Waals surface area contributed by atoms with Crippen LogP contribution in [0, 0.1) is 11.8 Å². The van der Waals surface area contributed by atoms with E-state index in [1.165, 1.54) is 0 Å². The highest BCUT2D eigenvalue weighted by Gasteiger charge is 2.40. The van der Waals surface area contributed by atoms with Gasteiger partial charge in [0, 0.05) is 32.2 Å². The molecule has 30 heavy (non-hydrogen) atoms. The normalized spacial score (nSPS) is 26.7. The van der Waals surface area contributed by atoms with Gasteiger partial charge in [-0.25, -0.2) is 8.42 Å². The van der Waals surface area contributed by atoms with E-state index in [-0.39, 0.29) is 41.1 Å². The Labute approximate surface area is 178 Å². The van der Waals surface area contributed by atoms with E-state index < -0.39 is 15.1 Å². The van der Waals surface area contributed by atoms with Crippen LogP contribution in [-0.2, 0) is 30.6 Å². The van der Waals surface area contributed by atoms with Gasteiger partial charge in [0.1, 0.15) is 0 Å². The van der Waals surface area contributed by atoms with Crippen molar-refractivity contribution in [1.29, 1.82) is 0 Å². The highest BCUT2D eigenvalue weighted by molar-refractivity contribution is 7.92. The topological polar surface area (TPSA) is 102 Å². The minimum atomic E-state index is -3.31. The lowest BCUT2D eigenvalue weighted by atomic mass is 9.71. The van der Waals surface area contributed by atoms with Gasteiger partial charge in [-0.3, -0.25) is 9.59 Å². The number of piperidine rings is 1. The molecular formula is C22H32N2O5S. The number of methoxy groups -OCH3 is 1. The molecule has 1 saturated heterocycles. The number of carbonyl (C=O) groups excluding carboxylic acids is 2. The molecule has 4 atom stereocenters. The van der Waals surface area contributed by atoms with Gasteiger partial charge in [-0.05, 0) is 62.6 Å². The number of carbonyl (C=O) groups is 2. The molecule has 0 aromatic heterocycles. The summed E-state index contributed by atoms with van der Waals surface area (Å²) in [5.74, 6) is 0.604. The van der Waals surface area contributed by atoms with Crippen LogP contribution < -0.4 is 10.6 Å². The zero-order valence-electron chi connectivity index (χ0n) is 17.9. The lowest BCUT2D eigenvalue weighted by Crippen LogP contribution is -2.56. The van der Waals surface area contributed by atoms with Crippen LogP contribution in [0.5, 0.6) is 0 Å². The van der Waals surface area contributed by atoms with Crippen molar-refractivity contribution in [3.05, 3.63) is 29.8 Å². The number of benzene rings is 1. The molecule has 2 aliphatic rings. The van der Waals surface area contributed by atoms with Crippen LogP contribution in [0.3, 0.4) is 0 Å². The molecular weight excluding hydrogens is 404 g/mol. The third-order valence-corrected chi connectivity index (χ3v) is 8.46. The molecule has 1 aliphatic heterocycles. The van der Waals surface area contributed by atoms with Crippen molar-refractivity contribution >= 4 is 21.7 Å². The van der Waals surface area contributed by atoms with Crippen molar-refractivity contribution in [2.45, 2.75) is 68.2 Å². The van der Waals surface area contributed by atoms with Gasteiger partial charge in [-0.15, -0.1) is 0 Å². The Kier molecular flexibility index (Phi) is 7.18. The summed E-state index contributed by atoms with van der Waals surface area (Å²) in [7, 11) is -1.65. The van der Waals surface area contributed by atoms with Gasteiger partial charge >= 0.3 is 0 Å². The summed E-state index contributed by atoms with van der Waals surface area (Å²) in [6.07, 6.45) is 3.27. The first-order chi connectivity index (χ1) is 14.2. The SMILES string of the molecule is COCC1CC(=O)NC2CC(NC(=O)Cc3ccc(S(=O)(=O)C(C)C)cc3)CCC12. The largest absolute Gasteiger partial charge is 0.384 e. The van der Waals surface area contributed by atoms with Crippen molar-refractivity contribution in [3.8, 4) is 0 Å². The molecule has 4 unspecified atom stereocenters. The average Bonchev–Trinajstić information content (AvgIpc) is 2.68. The Morgan fingerprint density at radius 3 is 2.57 bits per heavy atom. The van der Waals surface area contributed by atoms with Gasteiger partial charge < -0.3 is 15.4 Å². The molecule has 1 saturated carbocycles. The monoisotopic (exact) mass is 436 g/mol. The minimum absolute atomic E-state index is 0.0286. The van der Waals surface area contributed by atoms with E-state index in [1.807, 2.05) is 0 Å². The maximum atomic E-state index is 12.5. The number of fused-ring (bicyclic) bond motifs is 1. The molecule has 0 radical (unpaired) electrons. The maximum Gasteiger partial charge on any atom is 0.224 e. The second-order valence-corrected chi connectivity index (χ2v) is 11.3. The van der Waals surface area contributed by atoms with Crippen LogP contribution in [0.25, 0.3) is 0 Å². The summed E-state index contributed by atoms with van der Waals surface area (Å²) >= 11 is 0. The molecule has 3 rings (SSSR count). The Bertz CT molecular complexity index is 866. The fourth-order valence-corrected chi connectivity index (χ4v) is 5.70. The van der Waals surface area contributed by atoms with Crippen molar-refractivity contribution in [1.82, 2.24) is 10.6 Å². The van der Waals surface area contributed by atoms with Crippen LogP contribution in [-0.4, -0.2) is 51.3 Å². The molecule has 1 heterocycles. The molecule has 1 aromatic rings. The predicted molar refractivity (Wildman–Crippen MR) is 114 cm³/mol. The average molecular weight is 437 g/mol. The van der Waals surface area contributed by atoms with E-state index in [9.17, 15) is 18.0 Å². The second-order valence-electron chi connectivity index (χ2n) is 8.75. The molecule has 2 amide bonds. The van der Waals surface area contributed by atoms with E-state index >= 15 is 0 Å². The van der Waals surface area contributed by atoms with Crippen molar-refractivity contribution in [2.75, 3.05) is 13.7 Å². The molecule has 1 aromatic carbocycles. The van der Waals surface area contributed by atoms with Crippen LogP contribution in [0.2, 0.25) is 0 Å². The van der Waals surface area contributed by atoms with E-state index in [1.54, 1.807) is 45.2 Å². The van der Waals surface area contributed by atoms with E-state index in [2.05, 4.69) is 10.6 Å². The number of amides is 2. The molecule has 0 spiro atoms. The zero-order valence-corrected chi connectivity index (χ0v) is 18.7. The highest BCUT2D eigenvalue weighted by atomic mass is 32.2. The number of rotatable bonds is 7. The predicted octanol–water partition coefficient (Wildman–Crippen LogP) is 1.85. The fraction of sp³-hybridized carbons (Fsp3) is 0.636. The summed E-state index contributed by atoms with van der Waals surface area (Å²) < 4.78 is 29.7. The molecule has 7 nitrogen and oxygen atoms in total.